The van der Waals surface area contributed by atoms with Gasteiger partial charge in [0.05, 0.1) is 16.9 Å². The molecule has 0 amide bonds. The minimum Gasteiger partial charge on any atom is -0.505 e. The number of fused-ring (bicyclic) bond motifs is 1. The number of hydrogen-bond donors (Lipinski definition) is 3. The number of ether oxygens (including phenoxy) is 1. The topological polar surface area (TPSA) is 80.4 Å². The van der Waals surface area contributed by atoms with Crippen molar-refractivity contribution in [3.05, 3.63) is 96.3 Å². The van der Waals surface area contributed by atoms with Crippen molar-refractivity contribution in [2.75, 3.05) is 5.32 Å². The summed E-state index contributed by atoms with van der Waals surface area (Å²) >= 11 is 0. The fourth-order valence-electron chi connectivity index (χ4n) is 2.84. The fourth-order valence-corrected chi connectivity index (χ4v) is 2.84. The molecule has 0 aliphatic carbocycles. The van der Waals surface area contributed by atoms with Gasteiger partial charge in [-0.3, -0.25) is 0 Å². The molecule has 150 valence electrons. The van der Waals surface area contributed by atoms with Crippen LogP contribution in [-0.2, 0) is 0 Å². The van der Waals surface area contributed by atoms with E-state index in [2.05, 4.69) is 10.3 Å². The van der Waals surface area contributed by atoms with Crippen LogP contribution in [0.4, 0.5) is 14.5 Å². The molecule has 0 spiro atoms. The summed E-state index contributed by atoms with van der Waals surface area (Å²) < 4.78 is 32.4. The maximum Gasteiger partial charge on any atom is 0.166 e. The largest absolute Gasteiger partial charge is 0.505 e. The van der Waals surface area contributed by atoms with Gasteiger partial charge in [0.2, 0.25) is 0 Å². The zero-order valence-electron chi connectivity index (χ0n) is 15.6. The first-order valence-electron chi connectivity index (χ1n) is 9.04. The van der Waals surface area contributed by atoms with Crippen molar-refractivity contribution in [1.29, 1.82) is 0 Å². The maximum atomic E-state index is 13.4. The highest BCUT2D eigenvalue weighted by atomic mass is 19.1. The first-order valence-corrected chi connectivity index (χ1v) is 9.04. The Morgan fingerprint density at radius 3 is 2.57 bits per heavy atom. The van der Waals surface area contributed by atoms with Crippen molar-refractivity contribution in [2.24, 2.45) is 5.73 Å². The van der Waals surface area contributed by atoms with Gasteiger partial charge in [-0.05, 0) is 60.7 Å². The van der Waals surface area contributed by atoms with E-state index in [1.807, 2.05) is 12.1 Å². The third-order valence-electron chi connectivity index (χ3n) is 4.37. The van der Waals surface area contributed by atoms with Crippen LogP contribution >= 0.6 is 0 Å². The third-order valence-corrected chi connectivity index (χ3v) is 4.37. The van der Waals surface area contributed by atoms with Crippen molar-refractivity contribution in [2.45, 2.75) is 0 Å². The molecule has 0 bridgehead atoms. The van der Waals surface area contributed by atoms with Gasteiger partial charge in [-0.15, -0.1) is 0 Å². The Bertz CT molecular complexity index is 1240. The molecule has 7 heteroatoms. The third kappa shape index (κ3) is 4.15. The second kappa shape index (κ2) is 8.08. The van der Waals surface area contributed by atoms with Gasteiger partial charge in [0, 0.05) is 23.3 Å². The van der Waals surface area contributed by atoms with Gasteiger partial charge in [-0.2, -0.15) is 0 Å². The molecule has 1 heterocycles. The number of phenolic OH excluding ortho intramolecular Hbond substituents is 1. The number of benzene rings is 3. The highest BCUT2D eigenvalue weighted by Gasteiger charge is 2.08. The molecule has 3 aromatic carbocycles. The summed E-state index contributed by atoms with van der Waals surface area (Å²) in [4.78, 5) is 4.55. The first-order chi connectivity index (χ1) is 14.5. The van der Waals surface area contributed by atoms with Crippen molar-refractivity contribution in [3.8, 4) is 17.2 Å². The monoisotopic (exact) mass is 405 g/mol. The number of nitrogens with zero attached hydrogens (tertiary/aromatic N) is 1. The van der Waals surface area contributed by atoms with Gasteiger partial charge in [0.15, 0.2) is 11.6 Å². The minimum atomic E-state index is -0.732. The average Bonchev–Trinajstić information content (AvgIpc) is 2.76. The Morgan fingerprint density at radius 2 is 1.80 bits per heavy atom. The van der Waals surface area contributed by atoms with Crippen LogP contribution in [0.2, 0.25) is 0 Å². The molecule has 4 rings (SSSR count). The summed E-state index contributed by atoms with van der Waals surface area (Å²) in [6.07, 6.45) is 1.50. The predicted molar refractivity (Wildman–Crippen MR) is 112 cm³/mol. The highest BCUT2D eigenvalue weighted by molar-refractivity contribution is 5.86. The minimum absolute atomic E-state index is 0.336. The van der Waals surface area contributed by atoms with E-state index in [4.69, 9.17) is 10.5 Å². The van der Waals surface area contributed by atoms with Gasteiger partial charge < -0.3 is 20.9 Å². The molecule has 1 aromatic heterocycles. The van der Waals surface area contributed by atoms with E-state index in [1.165, 1.54) is 30.5 Å². The molecule has 30 heavy (non-hydrogen) atoms. The number of anilines is 1. The van der Waals surface area contributed by atoms with Crippen LogP contribution in [-0.4, -0.2) is 10.1 Å². The number of nitrogens with one attached hydrogen (secondary N) is 1. The maximum absolute atomic E-state index is 13.4. The SMILES string of the molecule is N/C(=C\Nc1ccc(O)c(F)c1)c1ccc2c(Oc3ccc(F)cc3)cccc2n1. The molecule has 0 aliphatic heterocycles. The van der Waals surface area contributed by atoms with Gasteiger partial charge in [-0.25, -0.2) is 13.8 Å². The predicted octanol–water partition coefficient (Wildman–Crippen LogP) is 5.38. The Morgan fingerprint density at radius 1 is 1.00 bits per heavy atom. The zero-order chi connectivity index (χ0) is 21.1. The van der Waals surface area contributed by atoms with Gasteiger partial charge in [-0.1, -0.05) is 6.07 Å². The molecule has 5 nitrogen and oxygen atoms in total. The number of hydrogen-bond acceptors (Lipinski definition) is 5. The second-order valence-electron chi connectivity index (χ2n) is 6.49. The molecule has 0 fully saturated rings. The van der Waals surface area contributed by atoms with E-state index in [0.29, 0.717) is 34.1 Å². The van der Waals surface area contributed by atoms with Gasteiger partial charge >= 0.3 is 0 Å². The molecule has 0 saturated heterocycles. The van der Waals surface area contributed by atoms with E-state index in [9.17, 15) is 13.9 Å². The fraction of sp³-hybridized carbons (Fsp3) is 0. The van der Waals surface area contributed by atoms with E-state index in [-0.39, 0.29) is 5.82 Å². The van der Waals surface area contributed by atoms with E-state index < -0.39 is 11.6 Å². The van der Waals surface area contributed by atoms with Gasteiger partial charge in [0.1, 0.15) is 17.3 Å². The summed E-state index contributed by atoms with van der Waals surface area (Å²) in [5.41, 5.74) is 8.07. The van der Waals surface area contributed by atoms with Crippen LogP contribution in [0.1, 0.15) is 5.69 Å². The molecule has 4 aromatic rings. The Balaban J connectivity index is 1.58. The van der Waals surface area contributed by atoms with E-state index in [1.54, 1.807) is 30.3 Å². The standard InChI is InChI=1S/C23H17F2N3O2/c24-14-4-7-16(8-5-14)30-23-3-1-2-20-17(23)9-10-21(28-20)19(26)13-27-15-6-11-22(29)18(25)12-15/h1-13,27,29H,26H2/b19-13-. The van der Waals surface area contributed by atoms with Crippen molar-refractivity contribution >= 4 is 22.3 Å². The lowest BCUT2D eigenvalue weighted by Crippen LogP contribution is -2.03. The number of phenols is 1. The lowest BCUT2D eigenvalue weighted by Gasteiger charge is -2.10. The van der Waals surface area contributed by atoms with Crippen LogP contribution < -0.4 is 15.8 Å². The molecule has 4 N–H and O–H groups in total. The van der Waals surface area contributed by atoms with Crippen LogP contribution in [0.3, 0.4) is 0 Å². The number of aromatic nitrogens is 1. The molecule has 0 saturated carbocycles. The quantitative estimate of drug-likeness (QED) is 0.389. The summed E-state index contributed by atoms with van der Waals surface area (Å²) in [7, 11) is 0. The number of aromatic hydroxyl groups is 1. The molecular formula is C23H17F2N3O2. The van der Waals surface area contributed by atoms with Crippen molar-refractivity contribution < 1.29 is 18.6 Å². The normalized spacial score (nSPS) is 11.5. The summed E-state index contributed by atoms with van der Waals surface area (Å²) in [5.74, 6) is -0.398. The summed E-state index contributed by atoms with van der Waals surface area (Å²) in [5, 5.41) is 12.9. The Hall–Kier alpha value is -4.13. The molecule has 0 atom stereocenters. The summed E-state index contributed by atoms with van der Waals surface area (Å²) in [6, 6.07) is 18.7. The van der Waals surface area contributed by atoms with Crippen LogP contribution in [0.15, 0.2) is 79.0 Å². The van der Waals surface area contributed by atoms with Crippen molar-refractivity contribution in [3.63, 3.8) is 0 Å². The lowest BCUT2D eigenvalue weighted by atomic mass is 10.1. The number of nitrogens with two attached hydrogens (primary N) is 1. The second-order valence-corrected chi connectivity index (χ2v) is 6.49. The Kier molecular flexibility index (Phi) is 5.17. The van der Waals surface area contributed by atoms with Crippen LogP contribution in [0.25, 0.3) is 16.6 Å². The van der Waals surface area contributed by atoms with Gasteiger partial charge in [0.25, 0.3) is 0 Å². The first kappa shape index (κ1) is 19.2. The average molecular weight is 405 g/mol. The number of rotatable bonds is 5. The molecule has 0 unspecified atom stereocenters. The molecule has 0 radical (unpaired) electrons. The molecule has 0 aliphatic rings. The zero-order valence-corrected chi connectivity index (χ0v) is 15.6. The number of pyridine rings is 1. The summed E-state index contributed by atoms with van der Waals surface area (Å²) in [6.45, 7) is 0. The van der Waals surface area contributed by atoms with E-state index in [0.717, 1.165) is 11.5 Å². The Labute approximate surface area is 171 Å². The lowest BCUT2D eigenvalue weighted by molar-refractivity contribution is 0.432. The van der Waals surface area contributed by atoms with E-state index >= 15 is 0 Å². The number of halogens is 2. The smallest absolute Gasteiger partial charge is 0.166 e. The van der Waals surface area contributed by atoms with Crippen LogP contribution in [0, 0.1) is 11.6 Å². The van der Waals surface area contributed by atoms with Crippen molar-refractivity contribution in [1.82, 2.24) is 4.98 Å². The molecular weight excluding hydrogens is 388 g/mol. The highest BCUT2D eigenvalue weighted by Crippen LogP contribution is 2.30. The van der Waals surface area contributed by atoms with Crippen LogP contribution in [0.5, 0.6) is 17.2 Å².